The fourth-order valence-electron chi connectivity index (χ4n) is 3.42. The van der Waals surface area contributed by atoms with Crippen LogP contribution in [0.15, 0.2) is 82.0 Å². The van der Waals surface area contributed by atoms with E-state index >= 15 is 0 Å². The number of anilines is 2. The van der Waals surface area contributed by atoms with Crippen LogP contribution in [0, 0.1) is 0 Å². The fraction of sp³-hybridized carbons (Fsp3) is 0.0435. The van der Waals surface area contributed by atoms with E-state index in [9.17, 15) is 4.79 Å². The van der Waals surface area contributed by atoms with Gasteiger partial charge in [-0.1, -0.05) is 60.1 Å². The second kappa shape index (κ2) is 7.03. The molecule has 4 nitrogen and oxygen atoms in total. The maximum absolute atomic E-state index is 12.6. The first kappa shape index (κ1) is 17.9. The number of hydrogen-bond donors (Lipinski definition) is 0. The predicted molar refractivity (Wildman–Crippen MR) is 121 cm³/mol. The van der Waals surface area contributed by atoms with Crippen molar-refractivity contribution in [3.05, 3.63) is 88.2 Å². The molecule has 29 heavy (non-hydrogen) atoms. The number of benzene rings is 3. The zero-order valence-electron chi connectivity index (χ0n) is 15.4. The lowest BCUT2D eigenvalue weighted by molar-refractivity contribution is 0.565. The fourth-order valence-corrected chi connectivity index (χ4v) is 4.74. The maximum Gasteiger partial charge on any atom is 0.357 e. The van der Waals surface area contributed by atoms with Crippen LogP contribution in [0.3, 0.4) is 0 Å². The quantitative estimate of drug-likeness (QED) is 0.314. The van der Waals surface area contributed by atoms with Crippen molar-refractivity contribution in [1.29, 1.82) is 0 Å². The van der Waals surface area contributed by atoms with Crippen LogP contribution in [0.2, 0.25) is 5.02 Å². The summed E-state index contributed by atoms with van der Waals surface area (Å²) in [7, 11) is 1.89. The van der Waals surface area contributed by atoms with Crippen LogP contribution in [0.25, 0.3) is 31.8 Å². The van der Waals surface area contributed by atoms with E-state index in [0.29, 0.717) is 11.3 Å². The minimum atomic E-state index is -0.556. The zero-order chi connectivity index (χ0) is 20.0. The van der Waals surface area contributed by atoms with Crippen molar-refractivity contribution in [2.75, 3.05) is 11.9 Å². The van der Waals surface area contributed by atoms with E-state index in [1.807, 2.05) is 84.7 Å². The monoisotopic (exact) mass is 418 g/mol. The molecule has 0 aliphatic heterocycles. The summed E-state index contributed by atoms with van der Waals surface area (Å²) in [4.78, 5) is 19.2. The van der Waals surface area contributed by atoms with Gasteiger partial charge in [-0.2, -0.15) is 0 Å². The van der Waals surface area contributed by atoms with E-state index < -0.39 is 5.63 Å². The number of para-hydroxylation sites is 1. The summed E-state index contributed by atoms with van der Waals surface area (Å²) in [6.07, 6.45) is 0. The molecule has 0 saturated carbocycles. The van der Waals surface area contributed by atoms with Gasteiger partial charge in [-0.3, -0.25) is 0 Å². The third kappa shape index (κ3) is 2.99. The van der Waals surface area contributed by atoms with Crippen molar-refractivity contribution >= 4 is 55.5 Å². The Balaban J connectivity index is 1.79. The Morgan fingerprint density at radius 1 is 0.966 bits per heavy atom. The predicted octanol–water partition coefficient (Wildman–Crippen LogP) is 6.49. The van der Waals surface area contributed by atoms with Crippen molar-refractivity contribution in [2.45, 2.75) is 0 Å². The second-order valence-corrected chi connectivity index (χ2v) is 8.00. The van der Waals surface area contributed by atoms with Gasteiger partial charge in [0.2, 0.25) is 0 Å². The summed E-state index contributed by atoms with van der Waals surface area (Å²) in [6.45, 7) is 0. The van der Waals surface area contributed by atoms with Crippen LogP contribution in [-0.2, 0) is 0 Å². The smallest absolute Gasteiger partial charge is 0.357 e. The van der Waals surface area contributed by atoms with E-state index in [1.54, 1.807) is 0 Å². The summed E-state index contributed by atoms with van der Waals surface area (Å²) < 4.78 is 6.47. The number of halogens is 1. The lowest BCUT2D eigenvalue weighted by atomic mass is 10.1. The lowest BCUT2D eigenvalue weighted by Crippen LogP contribution is -2.14. The van der Waals surface area contributed by atoms with E-state index in [0.717, 1.165) is 31.9 Å². The topological polar surface area (TPSA) is 46.3 Å². The Kier molecular flexibility index (Phi) is 4.34. The molecular formula is C23H15ClN2O2S. The minimum Gasteiger partial charge on any atom is -0.420 e. The first-order valence-corrected chi connectivity index (χ1v) is 10.2. The van der Waals surface area contributed by atoms with Crippen molar-refractivity contribution in [2.24, 2.45) is 0 Å². The number of aromatic nitrogens is 1. The van der Waals surface area contributed by atoms with Crippen molar-refractivity contribution in [1.82, 2.24) is 4.98 Å². The Bertz CT molecular complexity index is 1400. The molecule has 142 valence electrons. The summed E-state index contributed by atoms with van der Waals surface area (Å²) in [5, 5.41) is 1.72. The Morgan fingerprint density at radius 3 is 2.38 bits per heavy atom. The summed E-state index contributed by atoms with van der Waals surface area (Å²) in [6, 6.07) is 23.6. The third-order valence-corrected chi connectivity index (χ3v) is 6.30. The molecule has 0 amide bonds. The highest BCUT2D eigenvalue weighted by atomic mass is 35.5. The second-order valence-electron chi connectivity index (χ2n) is 6.62. The van der Waals surface area contributed by atoms with Gasteiger partial charge in [0.15, 0.2) is 10.6 Å². The molecule has 0 aliphatic carbocycles. The maximum atomic E-state index is 12.6. The number of rotatable bonds is 3. The van der Waals surface area contributed by atoms with Crippen LogP contribution in [-0.4, -0.2) is 12.0 Å². The number of thiazole rings is 1. The molecule has 0 aliphatic rings. The molecule has 0 spiro atoms. The standard InChI is InChI=1S/C23H15ClN2O2S/c1-26(15-10-6-3-7-11-15)19-16-12-13-17-21(20(16)28-23(27)18(19)24)29-22(25-17)14-8-4-2-5-9-14/h2-13H,1H3. The van der Waals surface area contributed by atoms with Crippen LogP contribution in [0.5, 0.6) is 0 Å². The number of nitrogens with zero attached hydrogens (tertiary/aromatic N) is 2. The van der Waals surface area contributed by atoms with Gasteiger partial charge >= 0.3 is 5.63 Å². The van der Waals surface area contributed by atoms with Crippen LogP contribution < -0.4 is 10.5 Å². The van der Waals surface area contributed by atoms with Crippen molar-refractivity contribution in [3.8, 4) is 10.6 Å². The van der Waals surface area contributed by atoms with Gasteiger partial charge in [0, 0.05) is 23.7 Å². The molecule has 0 saturated heterocycles. The van der Waals surface area contributed by atoms with E-state index in [4.69, 9.17) is 21.0 Å². The largest absolute Gasteiger partial charge is 0.420 e. The Hall–Kier alpha value is -3.15. The van der Waals surface area contributed by atoms with Gasteiger partial charge in [-0.05, 0) is 24.3 Å². The minimum absolute atomic E-state index is 0.0657. The SMILES string of the molecule is CN(c1ccccc1)c1c(Cl)c(=O)oc2c1ccc1nc(-c3ccccc3)sc12. The molecule has 0 fully saturated rings. The highest BCUT2D eigenvalue weighted by Crippen LogP contribution is 2.40. The third-order valence-electron chi connectivity index (χ3n) is 4.85. The first-order chi connectivity index (χ1) is 14.1. The van der Waals surface area contributed by atoms with Crippen molar-refractivity contribution in [3.63, 3.8) is 0 Å². The molecule has 6 heteroatoms. The number of hydrogen-bond acceptors (Lipinski definition) is 5. The molecule has 0 atom stereocenters. The van der Waals surface area contributed by atoms with E-state index in [-0.39, 0.29) is 5.02 Å². The molecule has 0 bridgehead atoms. The van der Waals surface area contributed by atoms with Crippen LogP contribution >= 0.6 is 22.9 Å². The molecule has 2 aromatic heterocycles. The summed E-state index contributed by atoms with van der Waals surface area (Å²) in [5.74, 6) is 0. The molecule has 3 aromatic carbocycles. The summed E-state index contributed by atoms with van der Waals surface area (Å²) >= 11 is 7.91. The molecule has 2 heterocycles. The molecule has 0 unspecified atom stereocenters. The Morgan fingerprint density at radius 2 is 1.66 bits per heavy atom. The van der Waals surface area contributed by atoms with Gasteiger partial charge in [0.05, 0.1) is 15.9 Å². The number of fused-ring (bicyclic) bond motifs is 3. The van der Waals surface area contributed by atoms with E-state index in [1.165, 1.54) is 11.3 Å². The van der Waals surface area contributed by atoms with Gasteiger partial charge < -0.3 is 9.32 Å². The average Bonchev–Trinajstić information content (AvgIpc) is 3.20. The molecular weight excluding hydrogens is 404 g/mol. The molecule has 5 aromatic rings. The molecule has 0 N–H and O–H groups in total. The van der Waals surface area contributed by atoms with Crippen LogP contribution in [0.1, 0.15) is 0 Å². The zero-order valence-corrected chi connectivity index (χ0v) is 17.0. The van der Waals surface area contributed by atoms with Crippen molar-refractivity contribution < 1.29 is 4.42 Å². The first-order valence-electron chi connectivity index (χ1n) is 9.03. The van der Waals surface area contributed by atoms with Crippen LogP contribution in [0.4, 0.5) is 11.4 Å². The van der Waals surface area contributed by atoms with Gasteiger partial charge in [-0.15, -0.1) is 11.3 Å². The normalized spacial score (nSPS) is 11.2. The van der Waals surface area contributed by atoms with E-state index in [2.05, 4.69) is 0 Å². The summed E-state index contributed by atoms with van der Waals surface area (Å²) in [5.41, 5.74) is 3.32. The average molecular weight is 419 g/mol. The molecule has 0 radical (unpaired) electrons. The Labute approximate surface area is 175 Å². The van der Waals surface area contributed by atoms with Gasteiger partial charge in [-0.25, -0.2) is 9.78 Å². The van der Waals surface area contributed by atoms with Gasteiger partial charge in [0.25, 0.3) is 0 Å². The highest BCUT2D eigenvalue weighted by Gasteiger charge is 2.20. The lowest BCUT2D eigenvalue weighted by Gasteiger charge is -2.21. The highest BCUT2D eigenvalue weighted by molar-refractivity contribution is 7.22. The molecule has 5 rings (SSSR count). The van der Waals surface area contributed by atoms with Gasteiger partial charge in [0.1, 0.15) is 5.01 Å².